The number of carbonyl (C=O) groups is 1. The maximum Gasteiger partial charge on any atom is 0.336 e. The largest absolute Gasteiger partial charge is 0.478 e. The van der Waals surface area contributed by atoms with Crippen LogP contribution in [0.1, 0.15) is 76.3 Å². The van der Waals surface area contributed by atoms with Gasteiger partial charge in [0, 0.05) is 5.92 Å². The fourth-order valence-corrected chi connectivity index (χ4v) is 4.12. The Morgan fingerprint density at radius 1 is 1.00 bits per heavy atom. The van der Waals surface area contributed by atoms with E-state index in [1.807, 2.05) is 19.9 Å². The average molecular weight is 324 g/mol. The van der Waals surface area contributed by atoms with Gasteiger partial charge in [-0.2, -0.15) is 0 Å². The van der Waals surface area contributed by atoms with E-state index in [2.05, 4.69) is 45.0 Å². The van der Waals surface area contributed by atoms with Crippen molar-refractivity contribution < 1.29 is 9.90 Å². The van der Waals surface area contributed by atoms with E-state index in [-0.39, 0.29) is 5.92 Å². The molecule has 0 aliphatic heterocycles. The lowest BCUT2D eigenvalue weighted by molar-refractivity contribution is 0.0695. The predicted molar refractivity (Wildman–Crippen MR) is 100 cm³/mol. The highest BCUT2D eigenvalue weighted by Gasteiger charge is 2.25. The standard InChI is InChI=1S/C22H28O2/c1-6-11-19(17-12-9-8-10-13-17)20-14(3)18(7-2)15(4)21(16(20)5)22(23)24/h8-10,12-13,19H,6-7,11H2,1-5H3,(H,23,24). The summed E-state index contributed by atoms with van der Waals surface area (Å²) in [6.45, 7) is 10.4. The summed E-state index contributed by atoms with van der Waals surface area (Å²) in [5.74, 6) is -0.565. The molecule has 0 fully saturated rings. The van der Waals surface area contributed by atoms with E-state index in [1.54, 1.807) is 0 Å². The zero-order chi connectivity index (χ0) is 17.9. The molecular weight excluding hydrogens is 296 g/mol. The molecule has 0 heterocycles. The van der Waals surface area contributed by atoms with Crippen molar-refractivity contribution >= 4 is 5.97 Å². The van der Waals surface area contributed by atoms with Gasteiger partial charge in [-0.1, -0.05) is 50.6 Å². The Balaban J connectivity index is 2.79. The SMILES string of the molecule is CCCC(c1ccccc1)c1c(C)c(CC)c(C)c(C(=O)O)c1C. The van der Waals surface area contributed by atoms with Crippen LogP contribution in [-0.2, 0) is 6.42 Å². The summed E-state index contributed by atoms with van der Waals surface area (Å²) in [6, 6.07) is 10.5. The van der Waals surface area contributed by atoms with E-state index < -0.39 is 5.97 Å². The molecular formula is C22H28O2. The van der Waals surface area contributed by atoms with Crippen molar-refractivity contribution in [1.82, 2.24) is 0 Å². The Morgan fingerprint density at radius 2 is 1.62 bits per heavy atom. The van der Waals surface area contributed by atoms with Crippen LogP contribution < -0.4 is 0 Å². The maximum atomic E-state index is 11.9. The predicted octanol–water partition coefficient (Wildman–Crippen LogP) is 5.80. The van der Waals surface area contributed by atoms with E-state index in [0.29, 0.717) is 5.56 Å². The molecule has 0 saturated heterocycles. The molecule has 1 atom stereocenters. The van der Waals surface area contributed by atoms with Gasteiger partial charge in [0.25, 0.3) is 0 Å². The molecule has 24 heavy (non-hydrogen) atoms. The van der Waals surface area contributed by atoms with Crippen LogP contribution in [0.4, 0.5) is 0 Å². The molecule has 0 spiro atoms. The first-order chi connectivity index (χ1) is 11.4. The Kier molecular flexibility index (Phi) is 5.82. The van der Waals surface area contributed by atoms with Gasteiger partial charge in [-0.3, -0.25) is 0 Å². The van der Waals surface area contributed by atoms with Crippen molar-refractivity contribution in [2.45, 2.75) is 59.8 Å². The number of carboxylic acids is 1. The van der Waals surface area contributed by atoms with Gasteiger partial charge in [0.15, 0.2) is 0 Å². The number of hydrogen-bond donors (Lipinski definition) is 1. The summed E-state index contributed by atoms with van der Waals surface area (Å²) >= 11 is 0. The van der Waals surface area contributed by atoms with E-state index in [4.69, 9.17) is 0 Å². The highest BCUT2D eigenvalue weighted by Crippen LogP contribution is 2.38. The average Bonchev–Trinajstić information content (AvgIpc) is 2.55. The first-order valence-corrected chi connectivity index (χ1v) is 8.84. The zero-order valence-electron chi connectivity index (χ0n) is 15.4. The fourth-order valence-electron chi connectivity index (χ4n) is 4.12. The minimum atomic E-state index is -0.815. The summed E-state index contributed by atoms with van der Waals surface area (Å²) in [4.78, 5) is 11.9. The maximum absolute atomic E-state index is 11.9. The van der Waals surface area contributed by atoms with Gasteiger partial charge in [0.2, 0.25) is 0 Å². The fraction of sp³-hybridized carbons (Fsp3) is 0.409. The molecule has 0 aliphatic carbocycles. The second kappa shape index (κ2) is 7.65. The van der Waals surface area contributed by atoms with Crippen LogP contribution in [-0.4, -0.2) is 11.1 Å². The highest BCUT2D eigenvalue weighted by molar-refractivity contribution is 5.92. The lowest BCUT2D eigenvalue weighted by Gasteiger charge is -2.26. The van der Waals surface area contributed by atoms with E-state index >= 15 is 0 Å². The van der Waals surface area contributed by atoms with Crippen LogP contribution >= 0.6 is 0 Å². The van der Waals surface area contributed by atoms with Gasteiger partial charge < -0.3 is 5.11 Å². The summed E-state index contributed by atoms with van der Waals surface area (Å²) in [6.07, 6.45) is 2.95. The normalized spacial score (nSPS) is 12.2. The van der Waals surface area contributed by atoms with Crippen LogP contribution in [0.3, 0.4) is 0 Å². The van der Waals surface area contributed by atoms with Crippen LogP contribution in [0.25, 0.3) is 0 Å². The minimum absolute atomic E-state index is 0.250. The molecule has 0 aromatic heterocycles. The van der Waals surface area contributed by atoms with Crippen LogP contribution in [0.15, 0.2) is 30.3 Å². The topological polar surface area (TPSA) is 37.3 Å². The molecule has 128 valence electrons. The molecule has 0 saturated carbocycles. The van der Waals surface area contributed by atoms with Crippen LogP contribution in [0, 0.1) is 20.8 Å². The lowest BCUT2D eigenvalue weighted by atomic mass is 9.78. The summed E-state index contributed by atoms with van der Waals surface area (Å²) in [7, 11) is 0. The van der Waals surface area contributed by atoms with E-state index in [1.165, 1.54) is 22.3 Å². The quantitative estimate of drug-likeness (QED) is 0.728. The number of carboxylic acid groups (broad SMARTS) is 1. The van der Waals surface area contributed by atoms with Gasteiger partial charge in [-0.15, -0.1) is 0 Å². The molecule has 2 nitrogen and oxygen atoms in total. The number of rotatable bonds is 6. The van der Waals surface area contributed by atoms with Gasteiger partial charge in [-0.05, 0) is 67.0 Å². The van der Waals surface area contributed by atoms with Crippen molar-refractivity contribution in [2.24, 2.45) is 0 Å². The zero-order valence-corrected chi connectivity index (χ0v) is 15.4. The molecule has 0 bridgehead atoms. The van der Waals surface area contributed by atoms with Crippen molar-refractivity contribution in [1.29, 1.82) is 0 Å². The first kappa shape index (κ1) is 18.3. The number of aromatic carboxylic acids is 1. The first-order valence-electron chi connectivity index (χ1n) is 8.84. The molecule has 2 rings (SSSR count). The molecule has 0 radical (unpaired) electrons. The number of benzene rings is 2. The third-order valence-corrected chi connectivity index (χ3v) is 5.16. The molecule has 0 aliphatic rings. The van der Waals surface area contributed by atoms with Crippen molar-refractivity contribution in [3.63, 3.8) is 0 Å². The molecule has 0 amide bonds. The minimum Gasteiger partial charge on any atom is -0.478 e. The smallest absolute Gasteiger partial charge is 0.336 e. The van der Waals surface area contributed by atoms with Crippen molar-refractivity contribution in [2.75, 3.05) is 0 Å². The van der Waals surface area contributed by atoms with E-state index in [9.17, 15) is 9.90 Å². The Morgan fingerprint density at radius 3 is 2.12 bits per heavy atom. The van der Waals surface area contributed by atoms with Gasteiger partial charge in [0.1, 0.15) is 0 Å². The monoisotopic (exact) mass is 324 g/mol. The van der Waals surface area contributed by atoms with Crippen LogP contribution in [0.5, 0.6) is 0 Å². The molecule has 1 unspecified atom stereocenters. The number of hydrogen-bond acceptors (Lipinski definition) is 1. The summed E-state index contributed by atoms with van der Waals surface area (Å²) < 4.78 is 0. The van der Waals surface area contributed by atoms with Gasteiger partial charge >= 0.3 is 5.97 Å². The van der Waals surface area contributed by atoms with Crippen molar-refractivity contribution in [3.05, 3.63) is 69.3 Å². The molecule has 2 aromatic rings. The second-order valence-electron chi connectivity index (χ2n) is 6.55. The third kappa shape index (κ3) is 3.24. The Labute approximate surface area is 145 Å². The third-order valence-electron chi connectivity index (χ3n) is 5.16. The van der Waals surface area contributed by atoms with Crippen LogP contribution in [0.2, 0.25) is 0 Å². The Bertz CT molecular complexity index is 730. The molecule has 1 N–H and O–H groups in total. The lowest BCUT2D eigenvalue weighted by Crippen LogP contribution is -2.15. The summed E-state index contributed by atoms with van der Waals surface area (Å²) in [5.41, 5.74) is 7.27. The molecule has 2 heteroatoms. The Hall–Kier alpha value is -2.09. The molecule has 2 aromatic carbocycles. The highest BCUT2D eigenvalue weighted by atomic mass is 16.4. The summed E-state index contributed by atoms with van der Waals surface area (Å²) in [5, 5.41) is 9.76. The van der Waals surface area contributed by atoms with Gasteiger partial charge in [0.05, 0.1) is 5.56 Å². The van der Waals surface area contributed by atoms with Gasteiger partial charge in [-0.25, -0.2) is 4.79 Å². The van der Waals surface area contributed by atoms with E-state index in [0.717, 1.165) is 30.4 Å². The second-order valence-corrected chi connectivity index (χ2v) is 6.55. The van der Waals surface area contributed by atoms with Crippen molar-refractivity contribution in [3.8, 4) is 0 Å².